The van der Waals surface area contributed by atoms with Crippen molar-refractivity contribution in [1.82, 2.24) is 9.80 Å². The predicted molar refractivity (Wildman–Crippen MR) is 95.6 cm³/mol. The van der Waals surface area contributed by atoms with Crippen molar-refractivity contribution in [3.63, 3.8) is 0 Å². The zero-order chi connectivity index (χ0) is 19.4. The Balaban J connectivity index is 1.52. The highest BCUT2D eigenvalue weighted by Gasteiger charge is 2.27. The lowest BCUT2D eigenvalue weighted by atomic mass is 10.0. The Kier molecular flexibility index (Phi) is 5.80. The number of amides is 2. The number of ether oxygens (including phenoxy) is 2. The van der Waals surface area contributed by atoms with Gasteiger partial charge in [-0.15, -0.1) is 0 Å². The second-order valence-electron chi connectivity index (χ2n) is 6.66. The number of hydrogen-bond donors (Lipinski definition) is 2. The van der Waals surface area contributed by atoms with Gasteiger partial charge in [-0.1, -0.05) is 0 Å². The molecule has 2 aliphatic rings. The first-order chi connectivity index (χ1) is 12.9. The van der Waals surface area contributed by atoms with E-state index in [9.17, 15) is 19.5 Å². The van der Waals surface area contributed by atoms with Gasteiger partial charge in [-0.2, -0.15) is 0 Å². The second-order valence-corrected chi connectivity index (χ2v) is 6.66. The lowest BCUT2D eigenvalue weighted by Gasteiger charge is -2.35. The zero-order valence-electron chi connectivity index (χ0n) is 15.1. The largest absolute Gasteiger partial charge is 0.481 e. The number of anilines is 1. The number of carbonyl (C=O) groups excluding carboxylic acids is 2. The first-order valence-corrected chi connectivity index (χ1v) is 8.82. The van der Waals surface area contributed by atoms with Crippen LogP contribution in [0.25, 0.3) is 0 Å². The normalized spacial score (nSPS) is 17.4. The fourth-order valence-corrected chi connectivity index (χ4v) is 3.20. The lowest BCUT2D eigenvalue weighted by Crippen LogP contribution is -2.50. The van der Waals surface area contributed by atoms with Crippen LogP contribution in [0.5, 0.6) is 11.5 Å². The van der Waals surface area contributed by atoms with Crippen LogP contribution in [-0.2, 0) is 14.4 Å². The number of benzene rings is 1. The summed E-state index contributed by atoms with van der Waals surface area (Å²) in [6.07, 6.45) is -0.128. The quantitative estimate of drug-likeness (QED) is 0.748. The summed E-state index contributed by atoms with van der Waals surface area (Å²) in [6, 6.07) is 5.03. The van der Waals surface area contributed by atoms with Crippen molar-refractivity contribution in [3.8, 4) is 11.5 Å². The fraction of sp³-hybridized carbons (Fsp3) is 0.500. The van der Waals surface area contributed by atoms with Crippen LogP contribution in [0.3, 0.4) is 0 Å². The van der Waals surface area contributed by atoms with E-state index in [2.05, 4.69) is 5.32 Å². The minimum atomic E-state index is -1.01. The Morgan fingerprint density at radius 1 is 1.15 bits per heavy atom. The number of nitrogens with one attached hydrogen (secondary N) is 1. The third-order valence-corrected chi connectivity index (χ3v) is 4.73. The van der Waals surface area contributed by atoms with E-state index in [1.165, 1.54) is 6.92 Å². The smallest absolute Gasteiger partial charge is 0.308 e. The SMILES string of the molecule is CC(=O)N1CCN(CC(CC(=O)Nc2ccc3c(c2)OCO3)C(=O)O)CC1. The molecule has 2 amide bonds. The molecule has 0 aliphatic carbocycles. The maximum absolute atomic E-state index is 12.3. The Labute approximate surface area is 156 Å². The Morgan fingerprint density at radius 3 is 2.52 bits per heavy atom. The van der Waals surface area contributed by atoms with Crippen LogP contribution in [0, 0.1) is 5.92 Å². The molecule has 9 heteroatoms. The number of carbonyl (C=O) groups is 3. The van der Waals surface area contributed by atoms with Crippen LogP contribution in [0.1, 0.15) is 13.3 Å². The van der Waals surface area contributed by atoms with E-state index >= 15 is 0 Å². The molecule has 1 aromatic rings. The van der Waals surface area contributed by atoms with Crippen molar-refractivity contribution in [2.24, 2.45) is 5.92 Å². The minimum absolute atomic E-state index is 0.0209. The van der Waals surface area contributed by atoms with Gasteiger partial charge in [0.05, 0.1) is 5.92 Å². The van der Waals surface area contributed by atoms with E-state index in [4.69, 9.17) is 9.47 Å². The highest BCUT2D eigenvalue weighted by atomic mass is 16.7. The third-order valence-electron chi connectivity index (χ3n) is 4.73. The number of carboxylic acids is 1. The van der Waals surface area contributed by atoms with Crippen LogP contribution >= 0.6 is 0 Å². The highest BCUT2D eigenvalue weighted by molar-refractivity contribution is 5.93. The number of hydrogen-bond acceptors (Lipinski definition) is 6. The van der Waals surface area contributed by atoms with E-state index in [1.807, 2.05) is 4.90 Å². The number of rotatable bonds is 6. The summed E-state index contributed by atoms with van der Waals surface area (Å²) in [5.41, 5.74) is 0.531. The molecule has 1 saturated heterocycles. The molecule has 2 heterocycles. The maximum atomic E-state index is 12.3. The van der Waals surface area contributed by atoms with Crippen molar-refractivity contribution < 1.29 is 29.0 Å². The van der Waals surface area contributed by atoms with Gasteiger partial charge in [-0.3, -0.25) is 19.3 Å². The molecular weight excluding hydrogens is 354 g/mol. The van der Waals surface area contributed by atoms with Gasteiger partial charge in [-0.25, -0.2) is 0 Å². The van der Waals surface area contributed by atoms with Gasteiger partial charge in [0.25, 0.3) is 0 Å². The van der Waals surface area contributed by atoms with Gasteiger partial charge in [-0.05, 0) is 12.1 Å². The molecule has 0 bridgehead atoms. The van der Waals surface area contributed by atoms with Crippen LogP contribution in [-0.4, -0.2) is 72.2 Å². The summed E-state index contributed by atoms with van der Waals surface area (Å²) in [7, 11) is 0. The Bertz CT molecular complexity index is 730. The molecule has 27 heavy (non-hydrogen) atoms. The first kappa shape index (κ1) is 19.0. The van der Waals surface area contributed by atoms with Crippen molar-refractivity contribution in [3.05, 3.63) is 18.2 Å². The summed E-state index contributed by atoms with van der Waals surface area (Å²) in [4.78, 5) is 39.0. The molecule has 3 rings (SSSR count). The summed E-state index contributed by atoms with van der Waals surface area (Å²) in [6.45, 7) is 4.30. The molecule has 0 aromatic heterocycles. The minimum Gasteiger partial charge on any atom is -0.481 e. The standard InChI is InChI=1S/C18H23N3O6/c1-12(22)21-6-4-20(5-7-21)10-13(18(24)25)8-17(23)19-14-2-3-15-16(9-14)27-11-26-15/h2-3,9,13H,4-8,10-11H2,1H3,(H,19,23)(H,24,25). The molecule has 0 saturated carbocycles. The van der Waals surface area contributed by atoms with E-state index in [-0.39, 0.29) is 31.6 Å². The first-order valence-electron chi connectivity index (χ1n) is 8.82. The summed E-state index contributed by atoms with van der Waals surface area (Å²) in [5, 5.41) is 12.2. The molecule has 146 valence electrons. The average Bonchev–Trinajstić information content (AvgIpc) is 3.09. The van der Waals surface area contributed by atoms with Gasteiger partial charge >= 0.3 is 5.97 Å². The number of piperazine rings is 1. The van der Waals surface area contributed by atoms with Crippen LogP contribution in [0.4, 0.5) is 5.69 Å². The van der Waals surface area contributed by atoms with Gasteiger partial charge < -0.3 is 24.8 Å². The van der Waals surface area contributed by atoms with Crippen LogP contribution in [0.2, 0.25) is 0 Å². The molecule has 0 spiro atoms. The van der Waals surface area contributed by atoms with Gasteiger partial charge in [0.1, 0.15) is 0 Å². The molecule has 9 nitrogen and oxygen atoms in total. The molecule has 1 atom stereocenters. The van der Waals surface area contributed by atoms with E-state index in [1.54, 1.807) is 23.1 Å². The van der Waals surface area contributed by atoms with Crippen molar-refractivity contribution in [2.75, 3.05) is 44.8 Å². The molecule has 1 aromatic carbocycles. The van der Waals surface area contributed by atoms with E-state index < -0.39 is 11.9 Å². The van der Waals surface area contributed by atoms with E-state index in [0.29, 0.717) is 43.4 Å². The second kappa shape index (κ2) is 8.26. The van der Waals surface area contributed by atoms with Crippen LogP contribution in [0.15, 0.2) is 18.2 Å². The summed E-state index contributed by atoms with van der Waals surface area (Å²) in [5.74, 6) is -1.02. The van der Waals surface area contributed by atoms with Gasteiger partial charge in [0.15, 0.2) is 11.5 Å². The highest BCUT2D eigenvalue weighted by Crippen LogP contribution is 2.34. The Hall–Kier alpha value is -2.81. The monoisotopic (exact) mass is 377 g/mol. The topological polar surface area (TPSA) is 108 Å². The molecule has 1 unspecified atom stereocenters. The molecule has 1 fully saturated rings. The zero-order valence-corrected chi connectivity index (χ0v) is 15.1. The molecule has 0 radical (unpaired) electrons. The number of nitrogens with zero attached hydrogens (tertiary/aromatic N) is 2. The van der Waals surface area contributed by atoms with Gasteiger partial charge in [0.2, 0.25) is 18.6 Å². The van der Waals surface area contributed by atoms with E-state index in [0.717, 1.165) is 0 Å². The maximum Gasteiger partial charge on any atom is 0.308 e. The van der Waals surface area contributed by atoms with Crippen molar-refractivity contribution in [2.45, 2.75) is 13.3 Å². The molecule has 2 N–H and O–H groups in total. The lowest BCUT2D eigenvalue weighted by molar-refractivity contribution is -0.144. The number of carboxylic acid groups (broad SMARTS) is 1. The third kappa shape index (κ3) is 4.88. The predicted octanol–water partition coefficient (Wildman–Crippen LogP) is 0.609. The van der Waals surface area contributed by atoms with Crippen molar-refractivity contribution in [1.29, 1.82) is 0 Å². The van der Waals surface area contributed by atoms with Crippen molar-refractivity contribution >= 4 is 23.5 Å². The summed E-state index contributed by atoms with van der Waals surface area (Å²) >= 11 is 0. The van der Waals surface area contributed by atoms with Gasteiger partial charge in [0, 0.05) is 57.8 Å². The fourth-order valence-electron chi connectivity index (χ4n) is 3.20. The average molecular weight is 377 g/mol. The Morgan fingerprint density at radius 2 is 1.85 bits per heavy atom. The summed E-state index contributed by atoms with van der Waals surface area (Å²) < 4.78 is 10.5. The number of fused-ring (bicyclic) bond motifs is 1. The number of aliphatic carboxylic acids is 1. The van der Waals surface area contributed by atoms with Crippen LogP contribution < -0.4 is 14.8 Å². The molecule has 2 aliphatic heterocycles. The molecular formula is C18H23N3O6.